The minimum absolute atomic E-state index is 0.260. The van der Waals surface area contributed by atoms with Gasteiger partial charge >= 0.3 is 11.9 Å². The van der Waals surface area contributed by atoms with Gasteiger partial charge in [0.25, 0.3) is 0 Å². The molecule has 4 rings (SSSR count). The molecule has 1 saturated heterocycles. The summed E-state index contributed by atoms with van der Waals surface area (Å²) >= 11 is 0. The number of amides is 1. The van der Waals surface area contributed by atoms with Gasteiger partial charge < -0.3 is 5.11 Å². The summed E-state index contributed by atoms with van der Waals surface area (Å²) in [6.45, 7) is 1.97. The van der Waals surface area contributed by atoms with Crippen LogP contribution in [-0.2, 0) is 11.2 Å². The highest BCUT2D eigenvalue weighted by Gasteiger charge is 2.48. The van der Waals surface area contributed by atoms with Crippen molar-refractivity contribution in [3.8, 4) is 0 Å². The van der Waals surface area contributed by atoms with Gasteiger partial charge in [-0.2, -0.15) is 5.10 Å². The molecule has 31 heavy (non-hydrogen) atoms. The molecule has 2 aliphatic rings. The van der Waals surface area contributed by atoms with Crippen molar-refractivity contribution in [2.75, 3.05) is 26.2 Å². The summed E-state index contributed by atoms with van der Waals surface area (Å²) in [6, 6.07) is 14.9. The molecule has 7 nitrogen and oxygen atoms in total. The number of nitrogens with zero attached hydrogens (tertiary/aromatic N) is 3. The fourth-order valence-corrected chi connectivity index (χ4v) is 4.60. The molecule has 0 aromatic heterocycles. The molecule has 2 heterocycles. The Kier molecular flexibility index (Phi) is 6.15. The van der Waals surface area contributed by atoms with Crippen LogP contribution in [-0.4, -0.2) is 58.9 Å². The average Bonchev–Trinajstić information content (AvgIpc) is 2.80. The summed E-state index contributed by atoms with van der Waals surface area (Å²) < 4.78 is -0.312. The van der Waals surface area contributed by atoms with Crippen molar-refractivity contribution in [3.63, 3.8) is 0 Å². The average molecular weight is 422 g/mol. The molecule has 2 unspecified atom stereocenters. The van der Waals surface area contributed by atoms with Crippen LogP contribution >= 0.6 is 0 Å². The van der Waals surface area contributed by atoms with Gasteiger partial charge in [0, 0.05) is 25.1 Å². The van der Waals surface area contributed by atoms with Crippen LogP contribution < -0.4 is 5.73 Å². The van der Waals surface area contributed by atoms with Gasteiger partial charge in [-0.25, -0.2) is 14.1 Å². The van der Waals surface area contributed by atoms with Crippen molar-refractivity contribution < 1.29 is 19.2 Å². The first-order valence-electron chi connectivity index (χ1n) is 10.9. The van der Waals surface area contributed by atoms with E-state index in [1.165, 1.54) is 6.42 Å². The van der Waals surface area contributed by atoms with E-state index in [1.807, 2.05) is 42.6 Å². The van der Waals surface area contributed by atoms with E-state index in [-0.39, 0.29) is 16.9 Å². The lowest BCUT2D eigenvalue weighted by atomic mass is 9.93. The third kappa shape index (κ3) is 4.38. The van der Waals surface area contributed by atoms with Crippen molar-refractivity contribution in [2.45, 2.75) is 31.8 Å². The van der Waals surface area contributed by atoms with E-state index in [0.717, 1.165) is 42.6 Å². The van der Waals surface area contributed by atoms with Gasteiger partial charge in [0.2, 0.25) is 0 Å². The summed E-state index contributed by atoms with van der Waals surface area (Å²) in [5, 5.41) is 16.2. The second-order valence-corrected chi connectivity index (χ2v) is 8.39. The second-order valence-electron chi connectivity index (χ2n) is 8.39. The minimum atomic E-state index is -1.03. The number of carboxylic acids is 1. The second kappa shape index (κ2) is 8.99. The fourth-order valence-electron chi connectivity index (χ4n) is 4.60. The first-order valence-corrected chi connectivity index (χ1v) is 10.9. The smallest absolute Gasteiger partial charge is 0.359 e. The summed E-state index contributed by atoms with van der Waals surface area (Å²) in [7, 11) is 0. The summed E-state index contributed by atoms with van der Waals surface area (Å²) in [6.07, 6.45) is 5.29. The maximum atomic E-state index is 13.6. The van der Waals surface area contributed by atoms with E-state index in [4.69, 9.17) is 5.73 Å². The van der Waals surface area contributed by atoms with E-state index in [0.29, 0.717) is 18.5 Å². The Morgan fingerprint density at radius 3 is 2.52 bits per heavy atom. The van der Waals surface area contributed by atoms with Crippen LogP contribution in [0.25, 0.3) is 0 Å². The molecule has 0 radical (unpaired) electrons. The van der Waals surface area contributed by atoms with Gasteiger partial charge in [-0.05, 0) is 42.5 Å². The molecule has 2 aromatic carbocycles. The van der Waals surface area contributed by atoms with Crippen LogP contribution in [0.5, 0.6) is 0 Å². The van der Waals surface area contributed by atoms with E-state index in [2.05, 4.69) is 10.1 Å². The maximum absolute atomic E-state index is 13.6. The number of carbonyl (C=O) groups excluding carboxylic acids is 1. The van der Waals surface area contributed by atoms with Crippen molar-refractivity contribution in [2.24, 2.45) is 10.8 Å². The molecule has 0 bridgehead atoms. The first kappa shape index (κ1) is 21.2. The Hall–Kier alpha value is -3.03. The number of quaternary nitrogens is 1. The molecule has 162 valence electrons. The quantitative estimate of drug-likeness (QED) is 0.572. The minimum Gasteiger partial charge on any atom is -0.477 e. The highest BCUT2D eigenvalue weighted by Crippen LogP contribution is 2.34. The highest BCUT2D eigenvalue weighted by molar-refractivity contribution is 5.91. The van der Waals surface area contributed by atoms with E-state index >= 15 is 0 Å². The van der Waals surface area contributed by atoms with Crippen LogP contribution in [0.2, 0.25) is 0 Å². The van der Waals surface area contributed by atoms with Crippen LogP contribution in [0.15, 0.2) is 53.6 Å². The monoisotopic (exact) mass is 421 g/mol. The van der Waals surface area contributed by atoms with Gasteiger partial charge in [0.15, 0.2) is 12.7 Å². The molecular weight excluding hydrogens is 392 g/mol. The molecule has 2 aliphatic heterocycles. The zero-order chi connectivity index (χ0) is 21.8. The molecule has 0 saturated carbocycles. The number of hydrogen-bond donors (Lipinski definition) is 2. The summed E-state index contributed by atoms with van der Waals surface area (Å²) in [4.78, 5) is 25.3. The SMILES string of the molecule is NC1c2ccccc2CC[N+]1(CC(=O)O)C(=O)c1ccc(C=NN2CCCCC2)cc1. The third-order valence-corrected chi connectivity index (χ3v) is 6.37. The summed E-state index contributed by atoms with van der Waals surface area (Å²) in [5.41, 5.74) is 9.82. The number of piperidine rings is 1. The number of carboxylic acid groups (broad SMARTS) is 1. The van der Waals surface area contributed by atoms with Gasteiger partial charge in [-0.3, -0.25) is 10.7 Å². The number of benzene rings is 2. The number of aliphatic carboxylic acids is 1. The van der Waals surface area contributed by atoms with Crippen molar-refractivity contribution in [3.05, 3.63) is 70.8 Å². The van der Waals surface area contributed by atoms with E-state index in [9.17, 15) is 14.7 Å². The lowest BCUT2D eigenvalue weighted by Gasteiger charge is -2.43. The molecule has 0 aliphatic carbocycles. The molecular formula is C24H29N4O3+. The fraction of sp³-hybridized carbons (Fsp3) is 0.375. The predicted molar refractivity (Wildman–Crippen MR) is 118 cm³/mol. The Labute approximate surface area is 182 Å². The Morgan fingerprint density at radius 1 is 1.10 bits per heavy atom. The normalized spacial score (nSPS) is 23.5. The lowest BCUT2D eigenvalue weighted by Crippen LogP contribution is -2.62. The summed E-state index contributed by atoms with van der Waals surface area (Å²) in [5.74, 6) is -1.29. The van der Waals surface area contributed by atoms with E-state index in [1.54, 1.807) is 12.1 Å². The first-order chi connectivity index (χ1) is 15.0. The zero-order valence-corrected chi connectivity index (χ0v) is 17.6. The largest absolute Gasteiger partial charge is 0.477 e. The van der Waals surface area contributed by atoms with Crippen LogP contribution in [0.4, 0.5) is 0 Å². The molecule has 0 spiro atoms. The standard InChI is InChI=1S/C24H28N4O3/c25-23-21-7-3-2-6-19(21)12-15-28(23,17-22(29)30)24(31)20-10-8-18(9-11-20)16-26-27-13-4-1-5-14-27/h2-3,6-11,16,23H,1,4-5,12-15,17,25H2/p+1. The molecule has 1 fully saturated rings. The number of hydrazone groups is 1. The number of hydrogen-bond acceptors (Lipinski definition) is 5. The number of carbonyl (C=O) groups is 2. The zero-order valence-electron chi connectivity index (χ0n) is 17.6. The number of nitrogens with two attached hydrogens (primary N) is 1. The van der Waals surface area contributed by atoms with Crippen molar-refractivity contribution in [1.29, 1.82) is 0 Å². The van der Waals surface area contributed by atoms with Gasteiger partial charge in [0.05, 0.1) is 18.3 Å². The molecule has 2 atom stereocenters. The van der Waals surface area contributed by atoms with Gasteiger partial charge in [-0.15, -0.1) is 0 Å². The van der Waals surface area contributed by atoms with E-state index < -0.39 is 12.1 Å². The highest BCUT2D eigenvalue weighted by atomic mass is 16.4. The van der Waals surface area contributed by atoms with Gasteiger partial charge in [0.1, 0.15) is 0 Å². The Balaban J connectivity index is 1.58. The van der Waals surface area contributed by atoms with Crippen molar-refractivity contribution in [1.82, 2.24) is 5.01 Å². The predicted octanol–water partition coefficient (Wildman–Crippen LogP) is 2.76. The van der Waals surface area contributed by atoms with Crippen molar-refractivity contribution >= 4 is 18.1 Å². The Bertz CT molecular complexity index is 983. The Morgan fingerprint density at radius 2 is 1.81 bits per heavy atom. The van der Waals surface area contributed by atoms with Crippen LogP contribution in [0, 0.1) is 0 Å². The van der Waals surface area contributed by atoms with Crippen LogP contribution in [0.3, 0.4) is 0 Å². The number of rotatable bonds is 5. The van der Waals surface area contributed by atoms with Gasteiger partial charge in [-0.1, -0.05) is 36.4 Å². The molecule has 3 N–H and O–H groups in total. The topological polar surface area (TPSA) is 96.0 Å². The molecule has 7 heteroatoms. The third-order valence-electron chi connectivity index (χ3n) is 6.37. The maximum Gasteiger partial charge on any atom is 0.359 e. The lowest BCUT2D eigenvalue weighted by molar-refractivity contribution is -0.875. The molecule has 2 aromatic rings. The number of fused-ring (bicyclic) bond motifs is 1. The van der Waals surface area contributed by atoms with Crippen LogP contribution in [0.1, 0.15) is 52.5 Å². The molecule has 1 amide bonds.